The molecule has 2 aromatic carbocycles. The van der Waals surface area contributed by atoms with E-state index in [4.69, 9.17) is 16.3 Å². The number of nitrogens with zero attached hydrogens (tertiary/aromatic N) is 1. The van der Waals surface area contributed by atoms with Gasteiger partial charge in [-0.3, -0.25) is 4.90 Å². The highest BCUT2D eigenvalue weighted by Crippen LogP contribution is 2.27. The van der Waals surface area contributed by atoms with Crippen LogP contribution in [-0.2, 0) is 13.2 Å². The Morgan fingerprint density at radius 1 is 1.00 bits per heavy atom. The van der Waals surface area contributed by atoms with E-state index in [2.05, 4.69) is 16.3 Å². The summed E-state index contributed by atoms with van der Waals surface area (Å²) in [7, 11) is 0. The molecule has 1 aliphatic heterocycles. The molecule has 0 aromatic heterocycles. The number of hydrogen-bond donors (Lipinski definition) is 1. The maximum Gasteiger partial charge on any atom is 0.138 e. The molecule has 3 rings (SSSR count). The lowest BCUT2D eigenvalue weighted by Gasteiger charge is -2.27. The molecule has 1 N–H and O–H groups in total. The minimum atomic E-state index is 0.539. The number of hydrogen-bond acceptors (Lipinski definition) is 3. The molecule has 3 nitrogen and oxygen atoms in total. The third-order valence-corrected chi connectivity index (χ3v) is 4.14. The van der Waals surface area contributed by atoms with Gasteiger partial charge >= 0.3 is 0 Å². The highest BCUT2D eigenvalue weighted by atomic mass is 35.5. The Bertz CT molecular complexity index is 597. The second-order valence-corrected chi connectivity index (χ2v) is 5.97. The molecule has 0 amide bonds. The first-order valence-electron chi connectivity index (χ1n) is 7.69. The van der Waals surface area contributed by atoms with Crippen LogP contribution in [0.5, 0.6) is 5.75 Å². The number of rotatable bonds is 5. The fourth-order valence-corrected chi connectivity index (χ4v) is 2.88. The first kappa shape index (κ1) is 15.3. The molecule has 2 aromatic rings. The van der Waals surface area contributed by atoms with Crippen LogP contribution in [0.2, 0.25) is 5.02 Å². The topological polar surface area (TPSA) is 24.5 Å². The van der Waals surface area contributed by atoms with E-state index in [-0.39, 0.29) is 0 Å². The molecule has 22 heavy (non-hydrogen) atoms. The summed E-state index contributed by atoms with van der Waals surface area (Å²) >= 11 is 6.36. The summed E-state index contributed by atoms with van der Waals surface area (Å²) in [5.41, 5.74) is 2.38. The summed E-state index contributed by atoms with van der Waals surface area (Å²) in [6.45, 7) is 5.78. The van der Waals surface area contributed by atoms with Gasteiger partial charge in [-0.2, -0.15) is 0 Å². The van der Waals surface area contributed by atoms with E-state index in [0.29, 0.717) is 11.6 Å². The van der Waals surface area contributed by atoms with E-state index >= 15 is 0 Å². The molecule has 0 atom stereocenters. The van der Waals surface area contributed by atoms with Crippen LogP contribution < -0.4 is 10.1 Å². The predicted octanol–water partition coefficient (Wildman–Crippen LogP) is 3.32. The highest BCUT2D eigenvalue weighted by Gasteiger charge is 2.11. The van der Waals surface area contributed by atoms with Crippen molar-refractivity contribution in [1.29, 1.82) is 0 Å². The van der Waals surface area contributed by atoms with Gasteiger partial charge in [-0.05, 0) is 23.3 Å². The first-order chi connectivity index (χ1) is 10.8. The van der Waals surface area contributed by atoms with Crippen LogP contribution in [0.1, 0.15) is 11.1 Å². The van der Waals surface area contributed by atoms with Crippen molar-refractivity contribution >= 4 is 11.6 Å². The van der Waals surface area contributed by atoms with Crippen molar-refractivity contribution in [1.82, 2.24) is 10.2 Å². The number of benzene rings is 2. The van der Waals surface area contributed by atoms with Crippen molar-refractivity contribution in [3.63, 3.8) is 0 Å². The molecule has 0 unspecified atom stereocenters. The fourth-order valence-electron chi connectivity index (χ4n) is 2.62. The molecule has 1 fully saturated rings. The summed E-state index contributed by atoms with van der Waals surface area (Å²) in [4.78, 5) is 2.44. The van der Waals surface area contributed by atoms with E-state index in [1.807, 2.05) is 42.5 Å². The summed E-state index contributed by atoms with van der Waals surface area (Å²) in [6.07, 6.45) is 0. The van der Waals surface area contributed by atoms with Gasteiger partial charge in [0, 0.05) is 32.7 Å². The van der Waals surface area contributed by atoms with Crippen molar-refractivity contribution in [2.75, 3.05) is 26.2 Å². The summed E-state index contributed by atoms with van der Waals surface area (Å²) in [5.74, 6) is 0.745. The van der Waals surface area contributed by atoms with Gasteiger partial charge in [-0.1, -0.05) is 48.0 Å². The Morgan fingerprint density at radius 2 is 1.77 bits per heavy atom. The second kappa shape index (κ2) is 7.63. The van der Waals surface area contributed by atoms with Crippen LogP contribution >= 0.6 is 11.6 Å². The van der Waals surface area contributed by atoms with Crippen LogP contribution in [0.25, 0.3) is 0 Å². The van der Waals surface area contributed by atoms with Gasteiger partial charge in [-0.25, -0.2) is 0 Å². The summed E-state index contributed by atoms with van der Waals surface area (Å²) in [5, 5.41) is 4.05. The molecular formula is C18H21ClN2O. The first-order valence-corrected chi connectivity index (χ1v) is 8.07. The molecule has 0 radical (unpaired) electrons. The van der Waals surface area contributed by atoms with Gasteiger partial charge in [0.1, 0.15) is 12.4 Å². The fraction of sp³-hybridized carbons (Fsp3) is 0.333. The number of ether oxygens (including phenoxy) is 1. The highest BCUT2D eigenvalue weighted by molar-refractivity contribution is 6.32. The van der Waals surface area contributed by atoms with Crippen LogP contribution in [0.3, 0.4) is 0 Å². The van der Waals surface area contributed by atoms with Gasteiger partial charge in [0.05, 0.1) is 5.02 Å². The van der Waals surface area contributed by atoms with Crippen molar-refractivity contribution in [3.8, 4) is 5.75 Å². The van der Waals surface area contributed by atoms with E-state index in [9.17, 15) is 0 Å². The lowest BCUT2D eigenvalue weighted by molar-refractivity contribution is 0.233. The minimum Gasteiger partial charge on any atom is -0.487 e. The van der Waals surface area contributed by atoms with E-state index in [0.717, 1.165) is 44.0 Å². The average molecular weight is 317 g/mol. The van der Waals surface area contributed by atoms with Crippen molar-refractivity contribution < 1.29 is 4.74 Å². The van der Waals surface area contributed by atoms with Crippen molar-refractivity contribution in [2.45, 2.75) is 13.2 Å². The largest absolute Gasteiger partial charge is 0.487 e. The molecule has 4 heteroatoms. The summed E-state index contributed by atoms with van der Waals surface area (Å²) in [6, 6.07) is 16.2. The third-order valence-electron chi connectivity index (χ3n) is 3.85. The van der Waals surface area contributed by atoms with Gasteiger partial charge in [0.15, 0.2) is 0 Å². The number of piperazine rings is 1. The Morgan fingerprint density at radius 3 is 2.50 bits per heavy atom. The zero-order valence-electron chi connectivity index (χ0n) is 12.6. The maximum absolute atomic E-state index is 6.36. The van der Waals surface area contributed by atoms with Gasteiger partial charge in [0.25, 0.3) is 0 Å². The smallest absolute Gasteiger partial charge is 0.138 e. The second-order valence-electron chi connectivity index (χ2n) is 5.57. The standard InChI is InChI=1S/C18H21ClN2O/c19-17-12-16(13-21-10-8-20-9-11-21)6-7-18(17)22-14-15-4-2-1-3-5-15/h1-7,12,20H,8-11,13-14H2. The van der Waals surface area contributed by atoms with Crippen LogP contribution in [0.4, 0.5) is 0 Å². The van der Waals surface area contributed by atoms with Crippen LogP contribution in [0.15, 0.2) is 48.5 Å². The summed E-state index contributed by atoms with van der Waals surface area (Å²) < 4.78 is 5.81. The molecule has 1 saturated heterocycles. The minimum absolute atomic E-state index is 0.539. The van der Waals surface area contributed by atoms with Gasteiger partial charge in [-0.15, -0.1) is 0 Å². The van der Waals surface area contributed by atoms with Crippen LogP contribution in [-0.4, -0.2) is 31.1 Å². The molecular weight excluding hydrogens is 296 g/mol. The zero-order valence-corrected chi connectivity index (χ0v) is 13.4. The molecule has 1 aliphatic rings. The van der Waals surface area contributed by atoms with E-state index < -0.39 is 0 Å². The molecule has 0 aliphatic carbocycles. The lowest BCUT2D eigenvalue weighted by Crippen LogP contribution is -2.42. The quantitative estimate of drug-likeness (QED) is 0.916. The number of halogens is 1. The molecule has 0 bridgehead atoms. The van der Waals surface area contributed by atoms with E-state index in [1.54, 1.807) is 0 Å². The van der Waals surface area contributed by atoms with Gasteiger partial charge < -0.3 is 10.1 Å². The maximum atomic E-state index is 6.36. The van der Waals surface area contributed by atoms with Crippen molar-refractivity contribution in [2.24, 2.45) is 0 Å². The molecule has 1 heterocycles. The number of nitrogens with one attached hydrogen (secondary N) is 1. The SMILES string of the molecule is Clc1cc(CN2CCNCC2)ccc1OCc1ccccc1. The monoisotopic (exact) mass is 316 g/mol. The third kappa shape index (κ3) is 4.23. The predicted molar refractivity (Wildman–Crippen MR) is 90.4 cm³/mol. The lowest BCUT2D eigenvalue weighted by atomic mass is 10.2. The average Bonchev–Trinajstić information content (AvgIpc) is 2.56. The normalized spacial score (nSPS) is 15.7. The van der Waals surface area contributed by atoms with Crippen LogP contribution in [0, 0.1) is 0 Å². The Hall–Kier alpha value is -1.55. The van der Waals surface area contributed by atoms with Gasteiger partial charge in [0.2, 0.25) is 0 Å². The van der Waals surface area contributed by atoms with Crippen molar-refractivity contribution in [3.05, 3.63) is 64.7 Å². The Kier molecular flexibility index (Phi) is 5.33. The molecule has 0 saturated carbocycles. The molecule has 116 valence electrons. The Balaban J connectivity index is 1.59. The molecule has 0 spiro atoms. The Labute approximate surface area is 136 Å². The zero-order chi connectivity index (χ0) is 15.2. The van der Waals surface area contributed by atoms with E-state index in [1.165, 1.54) is 5.56 Å².